The second kappa shape index (κ2) is 4.89. The molecule has 0 radical (unpaired) electrons. The van der Waals surface area contributed by atoms with Crippen LogP contribution in [0.25, 0.3) is 0 Å². The van der Waals surface area contributed by atoms with Crippen molar-refractivity contribution in [3.05, 3.63) is 59.9 Å². The highest BCUT2D eigenvalue weighted by molar-refractivity contribution is 5.55. The smallest absolute Gasteiger partial charge is 0.163 e. The Hall–Kier alpha value is -2.34. The second-order valence-electron chi connectivity index (χ2n) is 4.63. The summed E-state index contributed by atoms with van der Waals surface area (Å²) in [5.41, 5.74) is 2.09. The van der Waals surface area contributed by atoms with Gasteiger partial charge in [-0.2, -0.15) is 5.26 Å². The van der Waals surface area contributed by atoms with E-state index in [1.807, 2.05) is 30.3 Å². The fraction of sp³-hybridized carbons (Fsp3) is 0.200. The molecule has 1 N–H and O–H groups in total. The van der Waals surface area contributed by atoms with Crippen LogP contribution in [0.5, 0.6) is 0 Å². The molecule has 3 nitrogen and oxygen atoms in total. The molecule has 0 saturated heterocycles. The van der Waals surface area contributed by atoms with Crippen molar-refractivity contribution < 1.29 is 0 Å². The maximum Gasteiger partial charge on any atom is 0.163 e. The highest BCUT2D eigenvalue weighted by Gasteiger charge is 2.21. The molecular formula is C15H15N3. The fourth-order valence-corrected chi connectivity index (χ4v) is 1.86. The molecule has 2 aromatic rings. The van der Waals surface area contributed by atoms with E-state index in [1.54, 1.807) is 6.20 Å². The molecule has 0 fully saturated rings. The quantitative estimate of drug-likeness (QED) is 0.891. The van der Waals surface area contributed by atoms with Crippen molar-refractivity contribution in [1.29, 1.82) is 5.26 Å². The van der Waals surface area contributed by atoms with Crippen molar-refractivity contribution in [1.82, 2.24) is 4.98 Å². The topological polar surface area (TPSA) is 48.7 Å². The number of hydrogen-bond acceptors (Lipinski definition) is 3. The van der Waals surface area contributed by atoms with Crippen molar-refractivity contribution in [3.8, 4) is 6.07 Å². The van der Waals surface area contributed by atoms with E-state index in [2.05, 4.69) is 42.4 Å². The third-order valence-electron chi connectivity index (χ3n) is 2.86. The zero-order chi connectivity index (χ0) is 13.0. The molecule has 0 atom stereocenters. The van der Waals surface area contributed by atoms with Crippen molar-refractivity contribution in [2.45, 2.75) is 19.4 Å². The number of anilines is 1. The molecule has 0 aliphatic carbocycles. The molecule has 18 heavy (non-hydrogen) atoms. The van der Waals surface area contributed by atoms with Crippen LogP contribution >= 0.6 is 0 Å². The molecule has 0 bridgehead atoms. The molecule has 0 amide bonds. The van der Waals surface area contributed by atoms with Crippen LogP contribution in [0.4, 0.5) is 5.69 Å². The third kappa shape index (κ3) is 2.49. The first-order valence-corrected chi connectivity index (χ1v) is 5.82. The van der Waals surface area contributed by atoms with Crippen LogP contribution in [0.3, 0.4) is 0 Å². The van der Waals surface area contributed by atoms with E-state index >= 15 is 0 Å². The van der Waals surface area contributed by atoms with E-state index in [-0.39, 0.29) is 5.54 Å². The van der Waals surface area contributed by atoms with Crippen molar-refractivity contribution >= 4 is 5.69 Å². The zero-order valence-corrected chi connectivity index (χ0v) is 10.5. The summed E-state index contributed by atoms with van der Waals surface area (Å²) in [6.45, 7) is 4.16. The van der Waals surface area contributed by atoms with Gasteiger partial charge < -0.3 is 5.32 Å². The van der Waals surface area contributed by atoms with Gasteiger partial charge in [-0.25, -0.2) is 4.98 Å². The summed E-state index contributed by atoms with van der Waals surface area (Å²) in [6.07, 6.45) is 1.62. The average Bonchev–Trinajstić information content (AvgIpc) is 2.40. The van der Waals surface area contributed by atoms with E-state index < -0.39 is 0 Å². The Morgan fingerprint density at radius 3 is 2.50 bits per heavy atom. The largest absolute Gasteiger partial charge is 0.374 e. The first-order valence-electron chi connectivity index (χ1n) is 5.82. The van der Waals surface area contributed by atoms with Crippen LogP contribution in [-0.4, -0.2) is 4.98 Å². The van der Waals surface area contributed by atoms with Gasteiger partial charge in [-0.15, -0.1) is 0 Å². The third-order valence-corrected chi connectivity index (χ3v) is 2.86. The lowest BCUT2D eigenvalue weighted by Crippen LogP contribution is -2.28. The van der Waals surface area contributed by atoms with E-state index in [4.69, 9.17) is 5.26 Å². The molecule has 0 aliphatic rings. The predicted octanol–water partition coefficient (Wildman–Crippen LogP) is 3.30. The minimum Gasteiger partial charge on any atom is -0.374 e. The number of nitriles is 1. The lowest BCUT2D eigenvalue weighted by Gasteiger charge is -2.28. The molecule has 90 valence electrons. The predicted molar refractivity (Wildman–Crippen MR) is 72.0 cm³/mol. The summed E-state index contributed by atoms with van der Waals surface area (Å²) in [5, 5.41) is 12.4. The molecular weight excluding hydrogens is 222 g/mol. The van der Waals surface area contributed by atoms with Gasteiger partial charge in [0.1, 0.15) is 6.07 Å². The highest BCUT2D eigenvalue weighted by atomic mass is 15.0. The summed E-state index contributed by atoms with van der Waals surface area (Å²) in [6, 6.07) is 15.9. The fourth-order valence-electron chi connectivity index (χ4n) is 1.86. The van der Waals surface area contributed by atoms with Gasteiger partial charge in [0.25, 0.3) is 0 Å². The van der Waals surface area contributed by atoms with Gasteiger partial charge in [0, 0.05) is 6.20 Å². The summed E-state index contributed by atoms with van der Waals surface area (Å²) in [4.78, 5) is 4.05. The minimum absolute atomic E-state index is 0.254. The number of benzene rings is 1. The number of nitrogens with zero attached hydrogens (tertiary/aromatic N) is 2. The van der Waals surface area contributed by atoms with Gasteiger partial charge in [0.15, 0.2) is 5.69 Å². The summed E-state index contributed by atoms with van der Waals surface area (Å²) >= 11 is 0. The van der Waals surface area contributed by atoms with E-state index in [9.17, 15) is 0 Å². The van der Waals surface area contributed by atoms with Crippen molar-refractivity contribution in [3.63, 3.8) is 0 Å². The van der Waals surface area contributed by atoms with Crippen molar-refractivity contribution in [2.75, 3.05) is 5.32 Å². The number of hydrogen-bond donors (Lipinski definition) is 1. The van der Waals surface area contributed by atoms with Gasteiger partial charge in [-0.1, -0.05) is 30.3 Å². The Morgan fingerprint density at radius 1 is 1.11 bits per heavy atom. The first-order chi connectivity index (χ1) is 8.63. The average molecular weight is 237 g/mol. The SMILES string of the molecule is CC(C)(Nc1cccnc1C#N)c1ccccc1. The molecule has 0 unspecified atom stereocenters. The van der Waals surface area contributed by atoms with Gasteiger partial charge in [-0.05, 0) is 31.5 Å². The molecule has 0 aliphatic heterocycles. The second-order valence-corrected chi connectivity index (χ2v) is 4.63. The highest BCUT2D eigenvalue weighted by Crippen LogP contribution is 2.26. The van der Waals surface area contributed by atoms with Crippen LogP contribution in [0.2, 0.25) is 0 Å². The van der Waals surface area contributed by atoms with Gasteiger partial charge in [0.2, 0.25) is 0 Å². The van der Waals surface area contributed by atoms with E-state index in [0.29, 0.717) is 5.69 Å². The number of nitrogens with one attached hydrogen (secondary N) is 1. The molecule has 1 heterocycles. The lowest BCUT2D eigenvalue weighted by atomic mass is 9.94. The first kappa shape index (κ1) is 12.1. The summed E-state index contributed by atoms with van der Waals surface area (Å²) < 4.78 is 0. The Morgan fingerprint density at radius 2 is 1.83 bits per heavy atom. The number of aromatic nitrogens is 1. The monoisotopic (exact) mass is 237 g/mol. The number of rotatable bonds is 3. The molecule has 3 heteroatoms. The molecule has 0 saturated carbocycles. The van der Waals surface area contributed by atoms with Crippen LogP contribution in [-0.2, 0) is 5.54 Å². The molecule has 1 aromatic carbocycles. The molecule has 2 rings (SSSR count). The summed E-state index contributed by atoms with van der Waals surface area (Å²) in [7, 11) is 0. The van der Waals surface area contributed by atoms with Crippen LogP contribution in [0.1, 0.15) is 25.1 Å². The van der Waals surface area contributed by atoms with Gasteiger partial charge in [0.05, 0.1) is 11.2 Å². The van der Waals surface area contributed by atoms with Crippen molar-refractivity contribution in [2.24, 2.45) is 0 Å². The van der Waals surface area contributed by atoms with Crippen LogP contribution in [0.15, 0.2) is 48.7 Å². The standard InChI is InChI=1S/C15H15N3/c1-15(2,12-7-4-3-5-8-12)18-13-9-6-10-17-14(13)11-16/h3-10,18H,1-2H3. The van der Waals surface area contributed by atoms with Crippen LogP contribution in [0, 0.1) is 11.3 Å². The Bertz CT molecular complexity index is 568. The molecule has 1 aromatic heterocycles. The van der Waals surface area contributed by atoms with Gasteiger partial charge >= 0.3 is 0 Å². The Balaban J connectivity index is 2.31. The zero-order valence-electron chi connectivity index (χ0n) is 10.5. The maximum absolute atomic E-state index is 9.03. The normalized spacial score (nSPS) is 10.7. The Kier molecular flexibility index (Phi) is 3.29. The van der Waals surface area contributed by atoms with E-state index in [1.165, 1.54) is 0 Å². The Labute approximate surface area is 107 Å². The minimum atomic E-state index is -0.254. The lowest BCUT2D eigenvalue weighted by molar-refractivity contribution is 0.609. The van der Waals surface area contributed by atoms with E-state index in [0.717, 1.165) is 11.3 Å². The number of pyridine rings is 1. The maximum atomic E-state index is 9.03. The summed E-state index contributed by atoms with van der Waals surface area (Å²) in [5.74, 6) is 0. The van der Waals surface area contributed by atoms with Crippen LogP contribution < -0.4 is 5.32 Å². The van der Waals surface area contributed by atoms with Gasteiger partial charge in [-0.3, -0.25) is 0 Å². The molecule has 0 spiro atoms.